The molecule has 0 aliphatic heterocycles. The number of esters is 1. The summed E-state index contributed by atoms with van der Waals surface area (Å²) in [4.78, 5) is 32.6. The topological polar surface area (TPSA) is 108 Å². The maximum Gasteiger partial charge on any atom is 0.373 e. The minimum absolute atomic E-state index is 0.125. The van der Waals surface area contributed by atoms with Gasteiger partial charge in [-0.05, 0) is 43.3 Å². The van der Waals surface area contributed by atoms with E-state index in [0.29, 0.717) is 12.1 Å². The van der Waals surface area contributed by atoms with Gasteiger partial charge in [0.05, 0.1) is 17.6 Å². The molecule has 0 N–H and O–H groups in total. The lowest BCUT2D eigenvalue weighted by Crippen LogP contribution is -2.19. The molecule has 29 heavy (non-hydrogen) atoms. The average Bonchev–Trinajstić information content (AvgIpc) is 2.75. The number of carbonyl (C=O) groups is 1. The first-order chi connectivity index (χ1) is 14.0. The van der Waals surface area contributed by atoms with Crippen molar-refractivity contribution in [3.63, 3.8) is 0 Å². The fourth-order valence-electron chi connectivity index (χ4n) is 2.74. The van der Waals surface area contributed by atoms with Crippen molar-refractivity contribution in [2.45, 2.75) is 6.92 Å². The van der Waals surface area contributed by atoms with E-state index in [2.05, 4.69) is 14.7 Å². The molecule has 0 aliphatic carbocycles. The zero-order valence-electron chi connectivity index (χ0n) is 15.8. The Morgan fingerprint density at radius 2 is 1.79 bits per heavy atom. The Bertz CT molecular complexity index is 1010. The Morgan fingerprint density at radius 1 is 1.10 bits per heavy atom. The maximum atomic E-state index is 11.8. The molecule has 0 unspecified atom stereocenters. The van der Waals surface area contributed by atoms with E-state index in [0.717, 1.165) is 5.69 Å². The molecule has 0 saturated heterocycles. The van der Waals surface area contributed by atoms with Gasteiger partial charge in [-0.1, -0.05) is 18.2 Å². The molecule has 0 radical (unpaired) electrons. The molecular formula is C20H18N4O5. The molecule has 0 amide bonds. The second kappa shape index (κ2) is 8.79. The molecule has 2 aromatic carbocycles. The lowest BCUT2D eigenvalue weighted by Gasteiger charge is -2.21. The molecule has 3 rings (SSSR count). The standard InChI is InChI=1S/C20H18N4O5/c1-3-23(15-7-5-4-6-8-15)18-17(24(26)27)19(22-13-21-18)29-16-11-9-14(10-12-16)20(25)28-2/h4-13H,3H2,1-2H3. The van der Waals surface area contributed by atoms with Crippen LogP contribution in [0.5, 0.6) is 11.6 Å². The zero-order chi connectivity index (χ0) is 20.8. The van der Waals surface area contributed by atoms with Crippen molar-refractivity contribution in [3.8, 4) is 11.6 Å². The van der Waals surface area contributed by atoms with Gasteiger partial charge >= 0.3 is 17.5 Å². The summed E-state index contributed by atoms with van der Waals surface area (Å²) >= 11 is 0. The molecule has 148 valence electrons. The first-order valence-corrected chi connectivity index (χ1v) is 8.73. The number of anilines is 2. The Labute approximate surface area is 166 Å². The van der Waals surface area contributed by atoms with Crippen molar-refractivity contribution in [2.75, 3.05) is 18.6 Å². The molecular weight excluding hydrogens is 376 g/mol. The van der Waals surface area contributed by atoms with Gasteiger partial charge in [-0.3, -0.25) is 10.1 Å². The van der Waals surface area contributed by atoms with E-state index in [1.807, 2.05) is 37.3 Å². The van der Waals surface area contributed by atoms with Gasteiger partial charge in [0.25, 0.3) is 0 Å². The van der Waals surface area contributed by atoms with Gasteiger partial charge in [-0.25, -0.2) is 9.78 Å². The van der Waals surface area contributed by atoms with Crippen LogP contribution in [0.1, 0.15) is 17.3 Å². The van der Waals surface area contributed by atoms with Crippen LogP contribution in [0, 0.1) is 10.1 Å². The van der Waals surface area contributed by atoms with Crippen LogP contribution in [-0.4, -0.2) is 34.5 Å². The number of rotatable bonds is 7. The van der Waals surface area contributed by atoms with Crippen molar-refractivity contribution in [1.29, 1.82) is 0 Å². The molecule has 9 heteroatoms. The highest BCUT2D eigenvalue weighted by molar-refractivity contribution is 5.89. The number of hydrogen-bond donors (Lipinski definition) is 0. The lowest BCUT2D eigenvalue weighted by molar-refractivity contribution is -0.385. The summed E-state index contributed by atoms with van der Waals surface area (Å²) in [5, 5.41) is 11.8. The summed E-state index contributed by atoms with van der Waals surface area (Å²) in [6.07, 6.45) is 1.21. The van der Waals surface area contributed by atoms with Gasteiger partial charge in [-0.2, -0.15) is 4.98 Å². The summed E-state index contributed by atoms with van der Waals surface area (Å²) in [5.41, 5.74) is 0.736. The average molecular weight is 394 g/mol. The molecule has 3 aromatic rings. The van der Waals surface area contributed by atoms with Crippen molar-refractivity contribution in [1.82, 2.24) is 9.97 Å². The second-order valence-corrected chi connectivity index (χ2v) is 5.81. The third-order valence-corrected chi connectivity index (χ3v) is 4.08. The van der Waals surface area contributed by atoms with E-state index in [-0.39, 0.29) is 23.1 Å². The first kappa shape index (κ1) is 19.7. The van der Waals surface area contributed by atoms with Gasteiger partial charge in [0, 0.05) is 12.2 Å². The number of aromatic nitrogens is 2. The van der Waals surface area contributed by atoms with Gasteiger partial charge in [0.15, 0.2) is 0 Å². The fourth-order valence-corrected chi connectivity index (χ4v) is 2.74. The summed E-state index contributed by atoms with van der Waals surface area (Å²) < 4.78 is 10.3. The van der Waals surface area contributed by atoms with E-state index in [9.17, 15) is 14.9 Å². The van der Waals surface area contributed by atoms with Gasteiger partial charge in [-0.15, -0.1) is 0 Å². The molecule has 1 aromatic heterocycles. The third kappa shape index (κ3) is 4.29. The zero-order valence-corrected chi connectivity index (χ0v) is 15.8. The molecule has 0 spiro atoms. The van der Waals surface area contributed by atoms with E-state index < -0.39 is 10.9 Å². The van der Waals surface area contributed by atoms with Crippen LogP contribution in [0.2, 0.25) is 0 Å². The minimum atomic E-state index is -0.570. The summed E-state index contributed by atoms with van der Waals surface area (Å²) in [7, 11) is 1.28. The molecule has 0 bridgehead atoms. The predicted molar refractivity (Wildman–Crippen MR) is 106 cm³/mol. The van der Waals surface area contributed by atoms with Crippen LogP contribution >= 0.6 is 0 Å². The van der Waals surface area contributed by atoms with Crippen molar-refractivity contribution < 1.29 is 19.2 Å². The Balaban J connectivity index is 1.99. The Morgan fingerprint density at radius 3 is 2.38 bits per heavy atom. The van der Waals surface area contributed by atoms with Gasteiger partial charge < -0.3 is 14.4 Å². The first-order valence-electron chi connectivity index (χ1n) is 8.73. The third-order valence-electron chi connectivity index (χ3n) is 4.08. The largest absolute Gasteiger partial charge is 0.465 e. The van der Waals surface area contributed by atoms with Crippen LogP contribution in [-0.2, 0) is 4.74 Å². The molecule has 9 nitrogen and oxygen atoms in total. The molecule has 0 fully saturated rings. The number of nitrogens with zero attached hydrogens (tertiary/aromatic N) is 4. The monoisotopic (exact) mass is 394 g/mol. The lowest BCUT2D eigenvalue weighted by atomic mass is 10.2. The highest BCUT2D eigenvalue weighted by atomic mass is 16.6. The predicted octanol–water partition coefficient (Wildman–Crippen LogP) is 4.12. The fraction of sp³-hybridized carbons (Fsp3) is 0.150. The van der Waals surface area contributed by atoms with Crippen molar-refractivity contribution in [2.24, 2.45) is 0 Å². The van der Waals surface area contributed by atoms with Crippen LogP contribution in [0.4, 0.5) is 17.2 Å². The number of carbonyl (C=O) groups excluding carboxylic acids is 1. The Hall–Kier alpha value is -4.01. The summed E-state index contributed by atoms with van der Waals surface area (Å²) in [5.74, 6) is -0.276. The number of hydrogen-bond acceptors (Lipinski definition) is 8. The summed E-state index contributed by atoms with van der Waals surface area (Å²) in [6.45, 7) is 2.32. The van der Waals surface area contributed by atoms with Gasteiger partial charge in [0.2, 0.25) is 5.82 Å². The maximum absolute atomic E-state index is 11.8. The second-order valence-electron chi connectivity index (χ2n) is 5.81. The number of para-hydroxylation sites is 1. The molecule has 0 aliphatic rings. The minimum Gasteiger partial charge on any atom is -0.465 e. The SMILES string of the molecule is CCN(c1ccccc1)c1ncnc(Oc2ccc(C(=O)OC)cc2)c1[N+](=O)[O-]. The number of ether oxygens (including phenoxy) is 2. The van der Waals surface area contributed by atoms with Crippen molar-refractivity contribution >= 4 is 23.2 Å². The van der Waals surface area contributed by atoms with E-state index in [4.69, 9.17) is 4.74 Å². The van der Waals surface area contributed by atoms with Crippen molar-refractivity contribution in [3.05, 3.63) is 76.6 Å². The highest BCUT2D eigenvalue weighted by Gasteiger charge is 2.29. The normalized spacial score (nSPS) is 10.3. The Kier molecular flexibility index (Phi) is 5.98. The van der Waals surface area contributed by atoms with Crippen LogP contribution in [0.3, 0.4) is 0 Å². The number of benzene rings is 2. The van der Waals surface area contributed by atoms with E-state index in [1.165, 1.54) is 37.7 Å². The quantitative estimate of drug-likeness (QED) is 0.334. The smallest absolute Gasteiger partial charge is 0.373 e. The summed E-state index contributed by atoms with van der Waals surface area (Å²) in [6, 6.07) is 15.2. The number of methoxy groups -OCH3 is 1. The highest BCUT2D eigenvalue weighted by Crippen LogP contribution is 2.38. The molecule has 0 saturated carbocycles. The van der Waals surface area contributed by atoms with E-state index >= 15 is 0 Å². The molecule has 1 heterocycles. The van der Waals surface area contributed by atoms with Gasteiger partial charge in [0.1, 0.15) is 12.1 Å². The van der Waals surface area contributed by atoms with E-state index in [1.54, 1.807) is 4.90 Å². The van der Waals surface area contributed by atoms with Crippen LogP contribution in [0.15, 0.2) is 60.9 Å². The van der Waals surface area contributed by atoms with Crippen LogP contribution < -0.4 is 9.64 Å². The number of nitro groups is 1. The van der Waals surface area contributed by atoms with Crippen LogP contribution in [0.25, 0.3) is 0 Å². The molecule has 0 atom stereocenters.